The Morgan fingerprint density at radius 1 is 0.925 bits per heavy atom. The molecule has 1 unspecified atom stereocenters. The summed E-state index contributed by atoms with van der Waals surface area (Å²) in [6.07, 6.45) is 1.40. The first kappa shape index (κ1) is 28.1. The molecule has 1 aliphatic heterocycles. The number of hydrogen-bond acceptors (Lipinski definition) is 6. The SMILES string of the molecule is COC(=O)Cc1cccc(NC(=O)NC2C=C(c3ccccc3)c3ccccc3N(CC(=O)OC(C)C)C2=O)c1. The molecule has 3 aromatic rings. The van der Waals surface area contributed by atoms with Gasteiger partial charge in [-0.25, -0.2) is 4.79 Å². The highest BCUT2D eigenvalue weighted by molar-refractivity contribution is 6.09. The molecule has 0 saturated carbocycles. The van der Waals surface area contributed by atoms with Crippen molar-refractivity contribution in [3.63, 3.8) is 0 Å². The van der Waals surface area contributed by atoms with Crippen molar-refractivity contribution in [1.29, 1.82) is 0 Å². The summed E-state index contributed by atoms with van der Waals surface area (Å²) in [5.41, 5.74) is 3.94. The number of carbonyl (C=O) groups is 4. The fourth-order valence-corrected chi connectivity index (χ4v) is 4.42. The molecule has 1 aliphatic rings. The molecule has 206 valence electrons. The van der Waals surface area contributed by atoms with Gasteiger partial charge in [-0.15, -0.1) is 0 Å². The first-order valence-electron chi connectivity index (χ1n) is 12.9. The van der Waals surface area contributed by atoms with E-state index in [1.54, 1.807) is 56.3 Å². The Bertz CT molecular complexity index is 1430. The topological polar surface area (TPSA) is 114 Å². The third-order valence-corrected chi connectivity index (χ3v) is 6.14. The van der Waals surface area contributed by atoms with Crippen LogP contribution in [0.15, 0.2) is 84.9 Å². The first-order chi connectivity index (χ1) is 19.2. The van der Waals surface area contributed by atoms with Gasteiger partial charge < -0.3 is 20.1 Å². The second kappa shape index (κ2) is 12.8. The van der Waals surface area contributed by atoms with Crippen molar-refractivity contribution in [2.75, 3.05) is 23.9 Å². The fourth-order valence-electron chi connectivity index (χ4n) is 4.42. The number of methoxy groups -OCH3 is 1. The van der Waals surface area contributed by atoms with Crippen LogP contribution in [0.2, 0.25) is 0 Å². The number of nitrogens with one attached hydrogen (secondary N) is 2. The Morgan fingerprint density at radius 3 is 2.38 bits per heavy atom. The van der Waals surface area contributed by atoms with E-state index >= 15 is 0 Å². The van der Waals surface area contributed by atoms with E-state index in [-0.39, 0.29) is 19.1 Å². The van der Waals surface area contributed by atoms with Crippen LogP contribution in [-0.4, -0.2) is 49.7 Å². The average Bonchev–Trinajstić information content (AvgIpc) is 3.04. The molecule has 3 aromatic carbocycles. The van der Waals surface area contributed by atoms with Crippen molar-refractivity contribution < 1.29 is 28.7 Å². The summed E-state index contributed by atoms with van der Waals surface area (Å²) in [4.78, 5) is 52.7. The Balaban J connectivity index is 1.67. The van der Waals surface area contributed by atoms with E-state index in [0.717, 1.165) is 16.7 Å². The summed E-state index contributed by atoms with van der Waals surface area (Å²) in [6, 6.07) is 21.8. The van der Waals surface area contributed by atoms with Crippen LogP contribution in [0, 0.1) is 0 Å². The van der Waals surface area contributed by atoms with Crippen LogP contribution < -0.4 is 15.5 Å². The number of hydrogen-bond donors (Lipinski definition) is 2. The van der Waals surface area contributed by atoms with Crippen LogP contribution in [0.25, 0.3) is 5.57 Å². The minimum atomic E-state index is -1.10. The first-order valence-corrected chi connectivity index (χ1v) is 12.9. The number of para-hydroxylation sites is 1. The highest BCUT2D eigenvalue weighted by Gasteiger charge is 2.33. The van der Waals surface area contributed by atoms with Gasteiger partial charge in [0.15, 0.2) is 0 Å². The number of rotatable bonds is 8. The smallest absolute Gasteiger partial charge is 0.326 e. The Hall–Kier alpha value is -4.92. The normalized spacial score (nSPS) is 14.5. The number of fused-ring (bicyclic) bond motifs is 1. The molecule has 0 spiro atoms. The van der Waals surface area contributed by atoms with Crippen LogP contribution in [0.1, 0.15) is 30.5 Å². The molecular formula is C31H31N3O6. The maximum atomic E-state index is 13.9. The van der Waals surface area contributed by atoms with Gasteiger partial charge in [0.1, 0.15) is 12.6 Å². The molecule has 4 rings (SSSR count). The predicted molar refractivity (Wildman–Crippen MR) is 152 cm³/mol. The highest BCUT2D eigenvalue weighted by atomic mass is 16.5. The van der Waals surface area contributed by atoms with Gasteiger partial charge in [-0.3, -0.25) is 19.3 Å². The monoisotopic (exact) mass is 541 g/mol. The van der Waals surface area contributed by atoms with Crippen LogP contribution in [0.5, 0.6) is 0 Å². The van der Waals surface area contributed by atoms with Gasteiger partial charge in [-0.1, -0.05) is 60.7 Å². The molecule has 9 nitrogen and oxygen atoms in total. The van der Waals surface area contributed by atoms with Gasteiger partial charge in [-0.05, 0) is 54.8 Å². The summed E-state index contributed by atoms with van der Waals surface area (Å²) in [5.74, 6) is -1.46. The zero-order chi connectivity index (χ0) is 28.6. The number of ether oxygens (including phenoxy) is 2. The van der Waals surface area contributed by atoms with Gasteiger partial charge in [-0.2, -0.15) is 0 Å². The Labute approximate surface area is 232 Å². The van der Waals surface area contributed by atoms with Gasteiger partial charge in [0.05, 0.1) is 25.3 Å². The number of carbonyl (C=O) groups excluding carboxylic acids is 4. The van der Waals surface area contributed by atoms with E-state index in [1.807, 2.05) is 42.5 Å². The van der Waals surface area contributed by atoms with Gasteiger partial charge in [0, 0.05) is 11.3 Å². The van der Waals surface area contributed by atoms with E-state index in [1.165, 1.54) is 12.0 Å². The molecule has 3 amide bonds. The highest BCUT2D eigenvalue weighted by Crippen LogP contribution is 2.35. The molecular weight excluding hydrogens is 510 g/mol. The summed E-state index contributed by atoms with van der Waals surface area (Å²) in [7, 11) is 1.31. The lowest BCUT2D eigenvalue weighted by Crippen LogP contribution is -2.50. The molecule has 1 atom stereocenters. The molecule has 9 heteroatoms. The largest absolute Gasteiger partial charge is 0.469 e. The summed E-state index contributed by atoms with van der Waals surface area (Å²) in [5, 5.41) is 5.47. The second-order valence-corrected chi connectivity index (χ2v) is 9.46. The zero-order valence-corrected chi connectivity index (χ0v) is 22.5. The Kier molecular flexibility index (Phi) is 8.96. The van der Waals surface area contributed by atoms with Crippen LogP contribution in [0.4, 0.5) is 16.2 Å². The molecule has 0 bridgehead atoms. The maximum Gasteiger partial charge on any atom is 0.326 e. The number of amides is 3. The lowest BCUT2D eigenvalue weighted by molar-refractivity contribution is -0.146. The minimum Gasteiger partial charge on any atom is -0.469 e. The van der Waals surface area contributed by atoms with E-state index in [0.29, 0.717) is 16.9 Å². The average molecular weight is 542 g/mol. The fraction of sp³-hybridized carbons (Fsp3) is 0.226. The van der Waals surface area contributed by atoms with Crippen molar-refractivity contribution in [3.8, 4) is 0 Å². The molecule has 1 heterocycles. The second-order valence-electron chi connectivity index (χ2n) is 9.46. The van der Waals surface area contributed by atoms with Crippen LogP contribution in [-0.2, 0) is 30.3 Å². The molecule has 2 N–H and O–H groups in total. The molecule has 0 fully saturated rings. The maximum absolute atomic E-state index is 13.9. The van der Waals surface area contributed by atoms with E-state index in [2.05, 4.69) is 10.6 Å². The number of benzene rings is 3. The van der Waals surface area contributed by atoms with Gasteiger partial charge >= 0.3 is 18.0 Å². The van der Waals surface area contributed by atoms with Crippen molar-refractivity contribution >= 4 is 40.8 Å². The number of urea groups is 1. The molecule has 0 saturated heterocycles. The van der Waals surface area contributed by atoms with E-state index < -0.39 is 29.9 Å². The Morgan fingerprint density at radius 2 is 1.65 bits per heavy atom. The summed E-state index contributed by atoms with van der Waals surface area (Å²) >= 11 is 0. The number of nitrogens with zero attached hydrogens (tertiary/aromatic N) is 1. The van der Waals surface area contributed by atoms with Gasteiger partial charge in [0.2, 0.25) is 0 Å². The van der Waals surface area contributed by atoms with Crippen LogP contribution >= 0.6 is 0 Å². The number of anilines is 2. The molecule has 0 radical (unpaired) electrons. The summed E-state index contributed by atoms with van der Waals surface area (Å²) < 4.78 is 10.0. The summed E-state index contributed by atoms with van der Waals surface area (Å²) in [6.45, 7) is 3.15. The van der Waals surface area contributed by atoms with Crippen molar-refractivity contribution in [1.82, 2.24) is 5.32 Å². The lowest BCUT2D eigenvalue weighted by Gasteiger charge is -2.26. The zero-order valence-electron chi connectivity index (χ0n) is 22.5. The van der Waals surface area contributed by atoms with E-state index in [4.69, 9.17) is 9.47 Å². The quantitative estimate of drug-likeness (QED) is 0.411. The molecule has 0 aromatic heterocycles. The third-order valence-electron chi connectivity index (χ3n) is 6.14. The third kappa shape index (κ3) is 6.93. The lowest BCUT2D eigenvalue weighted by atomic mass is 9.95. The van der Waals surface area contributed by atoms with Gasteiger partial charge in [0.25, 0.3) is 5.91 Å². The minimum absolute atomic E-state index is 0.0532. The van der Waals surface area contributed by atoms with Crippen molar-refractivity contribution in [3.05, 3.63) is 102 Å². The molecule has 40 heavy (non-hydrogen) atoms. The van der Waals surface area contributed by atoms with Crippen LogP contribution in [0.3, 0.4) is 0 Å². The number of esters is 2. The predicted octanol–water partition coefficient (Wildman–Crippen LogP) is 4.32. The molecule has 0 aliphatic carbocycles. The van der Waals surface area contributed by atoms with E-state index in [9.17, 15) is 19.2 Å². The van der Waals surface area contributed by atoms with Crippen molar-refractivity contribution in [2.24, 2.45) is 0 Å². The van der Waals surface area contributed by atoms with Crippen molar-refractivity contribution in [2.45, 2.75) is 32.4 Å². The standard InChI is InChI=1S/C31H31N3O6/c1-20(2)40-29(36)19-34-27-15-8-7-14-24(27)25(22-11-5-4-6-12-22)18-26(30(34)37)33-31(38)32-23-13-9-10-21(16-23)17-28(35)39-3/h4-16,18,20,26H,17,19H2,1-3H3,(H2,32,33,38).